The molecule has 1 saturated heterocycles. The highest BCUT2D eigenvalue weighted by atomic mass is 16.5. The van der Waals surface area contributed by atoms with Crippen LogP contribution in [0.25, 0.3) is 0 Å². The second kappa shape index (κ2) is 6.15. The molecule has 1 aromatic carbocycles. The van der Waals surface area contributed by atoms with Crippen LogP contribution < -0.4 is 5.73 Å². The number of ether oxygens (including phenoxy) is 2. The summed E-state index contributed by atoms with van der Waals surface area (Å²) >= 11 is 0. The van der Waals surface area contributed by atoms with Crippen molar-refractivity contribution in [2.75, 3.05) is 20.3 Å². The van der Waals surface area contributed by atoms with E-state index in [0.29, 0.717) is 5.92 Å². The number of rotatable bonds is 4. The SMILES string of the molecule is COC(c1ccccc1)C(N)C1CCOCC1. The van der Waals surface area contributed by atoms with Gasteiger partial charge in [-0.1, -0.05) is 30.3 Å². The predicted molar refractivity (Wildman–Crippen MR) is 67.7 cm³/mol. The molecule has 2 unspecified atom stereocenters. The van der Waals surface area contributed by atoms with Gasteiger partial charge in [-0.05, 0) is 24.3 Å². The predicted octanol–water partition coefficient (Wildman–Crippen LogP) is 2.13. The molecule has 1 fully saturated rings. The lowest BCUT2D eigenvalue weighted by atomic mass is 9.86. The fourth-order valence-corrected chi connectivity index (χ4v) is 2.51. The van der Waals surface area contributed by atoms with Crippen molar-refractivity contribution in [3.8, 4) is 0 Å². The Morgan fingerprint density at radius 1 is 1.24 bits per heavy atom. The Morgan fingerprint density at radius 3 is 2.47 bits per heavy atom. The summed E-state index contributed by atoms with van der Waals surface area (Å²) in [7, 11) is 1.73. The van der Waals surface area contributed by atoms with Crippen LogP contribution in [0.15, 0.2) is 30.3 Å². The number of methoxy groups -OCH3 is 1. The molecule has 1 aliphatic rings. The summed E-state index contributed by atoms with van der Waals surface area (Å²) in [5, 5.41) is 0. The second-order valence-corrected chi connectivity index (χ2v) is 4.59. The fraction of sp³-hybridized carbons (Fsp3) is 0.571. The Kier molecular flexibility index (Phi) is 4.54. The smallest absolute Gasteiger partial charge is 0.0974 e. The van der Waals surface area contributed by atoms with Crippen molar-refractivity contribution >= 4 is 0 Å². The van der Waals surface area contributed by atoms with Crippen LogP contribution in [0.3, 0.4) is 0 Å². The van der Waals surface area contributed by atoms with Crippen LogP contribution in [0.5, 0.6) is 0 Å². The Bertz CT molecular complexity index is 322. The number of hydrogen-bond acceptors (Lipinski definition) is 3. The van der Waals surface area contributed by atoms with E-state index < -0.39 is 0 Å². The molecule has 94 valence electrons. The first-order valence-electron chi connectivity index (χ1n) is 6.24. The summed E-state index contributed by atoms with van der Waals surface area (Å²) in [6.07, 6.45) is 2.06. The van der Waals surface area contributed by atoms with Crippen LogP contribution in [0.2, 0.25) is 0 Å². The third-order valence-electron chi connectivity index (χ3n) is 3.54. The average molecular weight is 235 g/mol. The summed E-state index contributed by atoms with van der Waals surface area (Å²) < 4.78 is 11.0. The number of benzene rings is 1. The topological polar surface area (TPSA) is 44.5 Å². The van der Waals surface area contributed by atoms with Crippen LogP contribution in [0.4, 0.5) is 0 Å². The van der Waals surface area contributed by atoms with Gasteiger partial charge in [0.1, 0.15) is 0 Å². The van der Waals surface area contributed by atoms with Gasteiger partial charge < -0.3 is 15.2 Å². The van der Waals surface area contributed by atoms with E-state index in [1.54, 1.807) is 7.11 Å². The maximum atomic E-state index is 6.35. The first kappa shape index (κ1) is 12.6. The van der Waals surface area contributed by atoms with Gasteiger partial charge in [-0.25, -0.2) is 0 Å². The van der Waals surface area contributed by atoms with Crippen LogP contribution in [-0.4, -0.2) is 26.4 Å². The minimum absolute atomic E-state index is 0.0145. The fourth-order valence-electron chi connectivity index (χ4n) is 2.51. The highest BCUT2D eigenvalue weighted by molar-refractivity contribution is 5.19. The van der Waals surface area contributed by atoms with Crippen molar-refractivity contribution in [1.29, 1.82) is 0 Å². The molecule has 0 aromatic heterocycles. The molecule has 0 aliphatic carbocycles. The summed E-state index contributed by atoms with van der Waals surface area (Å²) in [6, 6.07) is 10.3. The van der Waals surface area contributed by atoms with Gasteiger partial charge in [0.05, 0.1) is 6.10 Å². The molecule has 0 spiro atoms. The van der Waals surface area contributed by atoms with Gasteiger partial charge in [-0.15, -0.1) is 0 Å². The Balaban J connectivity index is 2.07. The molecule has 1 aliphatic heterocycles. The highest BCUT2D eigenvalue weighted by Gasteiger charge is 2.28. The van der Waals surface area contributed by atoms with Crippen molar-refractivity contribution in [2.45, 2.75) is 25.0 Å². The zero-order valence-electron chi connectivity index (χ0n) is 10.3. The van der Waals surface area contributed by atoms with E-state index in [0.717, 1.165) is 31.6 Å². The van der Waals surface area contributed by atoms with Crippen LogP contribution in [0.1, 0.15) is 24.5 Å². The largest absolute Gasteiger partial charge is 0.381 e. The molecular formula is C14H21NO2. The number of hydrogen-bond donors (Lipinski definition) is 1. The Labute approximate surface area is 103 Å². The third-order valence-corrected chi connectivity index (χ3v) is 3.54. The second-order valence-electron chi connectivity index (χ2n) is 4.59. The van der Waals surface area contributed by atoms with Crippen LogP contribution in [0, 0.1) is 5.92 Å². The van der Waals surface area contributed by atoms with Crippen molar-refractivity contribution in [3.63, 3.8) is 0 Å². The molecule has 0 amide bonds. The molecule has 3 heteroatoms. The van der Waals surface area contributed by atoms with Crippen molar-refractivity contribution in [3.05, 3.63) is 35.9 Å². The third kappa shape index (κ3) is 3.06. The van der Waals surface area contributed by atoms with E-state index in [1.807, 2.05) is 18.2 Å². The molecule has 0 radical (unpaired) electrons. The van der Waals surface area contributed by atoms with E-state index >= 15 is 0 Å². The van der Waals surface area contributed by atoms with Crippen molar-refractivity contribution in [1.82, 2.24) is 0 Å². The maximum absolute atomic E-state index is 6.35. The lowest BCUT2D eigenvalue weighted by Crippen LogP contribution is -2.39. The minimum atomic E-state index is -0.0145. The molecule has 2 atom stereocenters. The summed E-state index contributed by atoms with van der Waals surface area (Å²) in [5.41, 5.74) is 7.52. The molecular weight excluding hydrogens is 214 g/mol. The first-order chi connectivity index (χ1) is 8.33. The molecule has 1 heterocycles. The van der Waals surface area contributed by atoms with Gasteiger partial charge in [-0.2, -0.15) is 0 Å². The highest BCUT2D eigenvalue weighted by Crippen LogP contribution is 2.28. The van der Waals surface area contributed by atoms with Gasteiger partial charge in [0.2, 0.25) is 0 Å². The van der Waals surface area contributed by atoms with Gasteiger partial charge in [0.15, 0.2) is 0 Å². The normalized spacial score (nSPS) is 21.1. The molecule has 2 N–H and O–H groups in total. The van der Waals surface area contributed by atoms with Gasteiger partial charge in [0.25, 0.3) is 0 Å². The van der Waals surface area contributed by atoms with Gasteiger partial charge in [-0.3, -0.25) is 0 Å². The molecule has 1 aromatic rings. The van der Waals surface area contributed by atoms with Crippen molar-refractivity contribution < 1.29 is 9.47 Å². The van der Waals surface area contributed by atoms with E-state index in [9.17, 15) is 0 Å². The van der Waals surface area contributed by atoms with Crippen LogP contribution in [-0.2, 0) is 9.47 Å². The maximum Gasteiger partial charge on any atom is 0.0974 e. The molecule has 0 saturated carbocycles. The average Bonchev–Trinajstić information content (AvgIpc) is 2.42. The van der Waals surface area contributed by atoms with E-state index in [4.69, 9.17) is 15.2 Å². The quantitative estimate of drug-likeness (QED) is 0.869. The van der Waals surface area contributed by atoms with Crippen LogP contribution >= 0.6 is 0 Å². The van der Waals surface area contributed by atoms with Gasteiger partial charge in [0, 0.05) is 26.4 Å². The van der Waals surface area contributed by atoms with Crippen molar-refractivity contribution in [2.24, 2.45) is 11.7 Å². The van der Waals surface area contributed by atoms with E-state index in [1.165, 1.54) is 0 Å². The zero-order chi connectivity index (χ0) is 12.1. The Morgan fingerprint density at radius 2 is 1.88 bits per heavy atom. The summed E-state index contributed by atoms with van der Waals surface area (Å²) in [5.74, 6) is 0.494. The zero-order valence-corrected chi connectivity index (χ0v) is 10.3. The lowest BCUT2D eigenvalue weighted by Gasteiger charge is -2.32. The monoisotopic (exact) mass is 235 g/mol. The lowest BCUT2D eigenvalue weighted by molar-refractivity contribution is 0.0137. The standard InChI is InChI=1S/C14H21NO2/c1-16-14(12-5-3-2-4-6-12)13(15)11-7-9-17-10-8-11/h2-6,11,13-14H,7-10,15H2,1H3. The molecule has 2 rings (SSSR count). The number of nitrogens with two attached hydrogens (primary N) is 1. The van der Waals surface area contributed by atoms with Gasteiger partial charge >= 0.3 is 0 Å². The van der Waals surface area contributed by atoms with E-state index in [2.05, 4.69) is 12.1 Å². The molecule has 0 bridgehead atoms. The van der Waals surface area contributed by atoms with E-state index in [-0.39, 0.29) is 12.1 Å². The molecule has 17 heavy (non-hydrogen) atoms. The molecule has 3 nitrogen and oxygen atoms in total. The Hall–Kier alpha value is -0.900. The summed E-state index contributed by atoms with van der Waals surface area (Å²) in [4.78, 5) is 0. The minimum Gasteiger partial charge on any atom is -0.381 e. The summed E-state index contributed by atoms with van der Waals surface area (Å²) in [6.45, 7) is 1.65. The first-order valence-corrected chi connectivity index (χ1v) is 6.24.